The van der Waals surface area contributed by atoms with Gasteiger partial charge in [0, 0.05) is 38.1 Å². The number of ether oxygens (including phenoxy) is 1. The molecular formula is C14H18N4O2. The van der Waals surface area contributed by atoms with Crippen molar-refractivity contribution >= 4 is 17.3 Å². The van der Waals surface area contributed by atoms with Crippen LogP contribution in [0.3, 0.4) is 0 Å². The monoisotopic (exact) mass is 274 g/mol. The van der Waals surface area contributed by atoms with Gasteiger partial charge in [0.25, 0.3) is 0 Å². The largest absolute Gasteiger partial charge is 0.465 e. The van der Waals surface area contributed by atoms with Crippen LogP contribution >= 0.6 is 0 Å². The van der Waals surface area contributed by atoms with Gasteiger partial charge < -0.3 is 15.4 Å². The van der Waals surface area contributed by atoms with Crippen LogP contribution in [-0.4, -0.2) is 29.9 Å². The van der Waals surface area contributed by atoms with Crippen molar-refractivity contribution in [2.24, 2.45) is 7.05 Å². The first kappa shape index (κ1) is 13.9. The summed E-state index contributed by atoms with van der Waals surface area (Å²) in [6.07, 6.45) is 3.73. The molecule has 6 nitrogen and oxygen atoms in total. The van der Waals surface area contributed by atoms with Crippen molar-refractivity contribution in [1.82, 2.24) is 9.78 Å². The summed E-state index contributed by atoms with van der Waals surface area (Å²) in [6.45, 7) is 0.641. The molecule has 0 aliphatic rings. The number of aromatic nitrogens is 2. The minimum absolute atomic E-state index is 0.398. The summed E-state index contributed by atoms with van der Waals surface area (Å²) in [5, 5.41) is 4.13. The van der Waals surface area contributed by atoms with Gasteiger partial charge in [-0.2, -0.15) is 5.10 Å². The minimum atomic E-state index is -0.398. The molecule has 20 heavy (non-hydrogen) atoms. The van der Waals surface area contributed by atoms with E-state index in [1.54, 1.807) is 23.0 Å². The highest BCUT2D eigenvalue weighted by Gasteiger charge is 2.16. The maximum absolute atomic E-state index is 11.8. The van der Waals surface area contributed by atoms with Crippen LogP contribution in [0.4, 0.5) is 11.4 Å². The summed E-state index contributed by atoms with van der Waals surface area (Å²) >= 11 is 0. The topological polar surface area (TPSA) is 73.4 Å². The van der Waals surface area contributed by atoms with Crippen LogP contribution in [0.1, 0.15) is 15.9 Å². The number of benzene rings is 1. The number of nitrogens with zero attached hydrogens (tertiary/aromatic N) is 3. The number of nitrogen functional groups attached to an aromatic ring is 1. The fraction of sp³-hybridized carbons (Fsp3) is 0.286. The minimum Gasteiger partial charge on any atom is -0.465 e. The van der Waals surface area contributed by atoms with Gasteiger partial charge in [0.05, 0.1) is 24.6 Å². The van der Waals surface area contributed by atoms with Crippen molar-refractivity contribution in [1.29, 1.82) is 0 Å². The molecule has 0 radical (unpaired) electrons. The SMILES string of the molecule is COC(=O)c1cc(N)ccc1N(C)Cc1cnn(C)c1. The second-order valence-corrected chi connectivity index (χ2v) is 4.65. The van der Waals surface area contributed by atoms with E-state index in [-0.39, 0.29) is 0 Å². The van der Waals surface area contributed by atoms with E-state index in [9.17, 15) is 4.79 Å². The molecule has 1 aromatic heterocycles. The van der Waals surface area contributed by atoms with E-state index in [4.69, 9.17) is 10.5 Å². The van der Waals surface area contributed by atoms with E-state index in [1.165, 1.54) is 7.11 Å². The molecule has 2 rings (SSSR count). The molecular weight excluding hydrogens is 256 g/mol. The maximum Gasteiger partial charge on any atom is 0.340 e. The second-order valence-electron chi connectivity index (χ2n) is 4.65. The Balaban J connectivity index is 2.29. The molecule has 0 saturated carbocycles. The highest BCUT2D eigenvalue weighted by molar-refractivity contribution is 5.96. The molecule has 0 fully saturated rings. The summed E-state index contributed by atoms with van der Waals surface area (Å²) in [6, 6.07) is 5.21. The first-order valence-corrected chi connectivity index (χ1v) is 6.17. The van der Waals surface area contributed by atoms with E-state index in [2.05, 4.69) is 5.10 Å². The molecule has 0 aliphatic carbocycles. The van der Waals surface area contributed by atoms with E-state index in [1.807, 2.05) is 31.3 Å². The quantitative estimate of drug-likeness (QED) is 0.674. The third-order valence-corrected chi connectivity index (χ3v) is 3.02. The molecule has 0 amide bonds. The Morgan fingerprint density at radius 1 is 1.50 bits per heavy atom. The molecule has 6 heteroatoms. The van der Waals surface area contributed by atoms with Crippen molar-refractivity contribution in [2.75, 3.05) is 24.8 Å². The summed E-state index contributed by atoms with van der Waals surface area (Å²) in [5.41, 5.74) is 8.56. The van der Waals surface area contributed by atoms with Crippen molar-refractivity contribution in [3.05, 3.63) is 41.7 Å². The van der Waals surface area contributed by atoms with Crippen molar-refractivity contribution < 1.29 is 9.53 Å². The van der Waals surface area contributed by atoms with Crippen molar-refractivity contribution in [3.63, 3.8) is 0 Å². The van der Waals surface area contributed by atoms with E-state index < -0.39 is 5.97 Å². The number of esters is 1. The lowest BCUT2D eigenvalue weighted by molar-refractivity contribution is 0.0601. The molecule has 1 heterocycles. The molecule has 106 valence electrons. The summed E-state index contributed by atoms with van der Waals surface area (Å²) in [4.78, 5) is 13.8. The Morgan fingerprint density at radius 3 is 2.85 bits per heavy atom. The number of aryl methyl sites for hydroxylation is 1. The number of methoxy groups -OCH3 is 1. The second kappa shape index (κ2) is 5.64. The highest BCUT2D eigenvalue weighted by atomic mass is 16.5. The van der Waals surface area contributed by atoms with Crippen LogP contribution in [0.15, 0.2) is 30.6 Å². The predicted octanol–water partition coefficient (Wildman–Crippen LogP) is 1.43. The lowest BCUT2D eigenvalue weighted by atomic mass is 10.1. The van der Waals surface area contributed by atoms with Crippen LogP contribution in [0.5, 0.6) is 0 Å². The van der Waals surface area contributed by atoms with Gasteiger partial charge in [0.2, 0.25) is 0 Å². The number of anilines is 2. The summed E-state index contributed by atoms with van der Waals surface area (Å²) in [7, 11) is 5.13. The molecule has 0 bridgehead atoms. The van der Waals surface area contributed by atoms with Gasteiger partial charge in [-0.15, -0.1) is 0 Å². The Labute approximate surface area is 117 Å². The Kier molecular flexibility index (Phi) is 3.93. The lowest BCUT2D eigenvalue weighted by Gasteiger charge is -2.21. The molecule has 2 N–H and O–H groups in total. The zero-order valence-electron chi connectivity index (χ0n) is 11.8. The highest BCUT2D eigenvalue weighted by Crippen LogP contribution is 2.24. The van der Waals surface area contributed by atoms with Crippen LogP contribution in [0.2, 0.25) is 0 Å². The number of hydrogen-bond acceptors (Lipinski definition) is 5. The Bertz CT molecular complexity index is 621. The summed E-state index contributed by atoms with van der Waals surface area (Å²) < 4.78 is 6.54. The molecule has 0 spiro atoms. The predicted molar refractivity (Wildman–Crippen MR) is 77.5 cm³/mol. The van der Waals surface area contributed by atoms with Crippen LogP contribution in [0.25, 0.3) is 0 Å². The summed E-state index contributed by atoms with van der Waals surface area (Å²) in [5.74, 6) is -0.398. The fourth-order valence-electron chi connectivity index (χ4n) is 2.07. The van der Waals surface area contributed by atoms with E-state index in [0.29, 0.717) is 17.8 Å². The van der Waals surface area contributed by atoms with Crippen molar-refractivity contribution in [3.8, 4) is 0 Å². The van der Waals surface area contributed by atoms with Gasteiger partial charge in [0.15, 0.2) is 0 Å². The van der Waals surface area contributed by atoms with Crippen LogP contribution in [0, 0.1) is 0 Å². The molecule has 2 aromatic rings. The van der Waals surface area contributed by atoms with E-state index in [0.717, 1.165) is 11.3 Å². The standard InChI is InChI=1S/C14H18N4O2/c1-17(8-10-7-16-18(2)9-10)13-5-4-11(15)6-12(13)14(19)20-3/h4-7,9H,8,15H2,1-3H3. The molecule has 0 atom stereocenters. The molecule has 0 unspecified atom stereocenters. The zero-order valence-corrected chi connectivity index (χ0v) is 11.8. The van der Waals surface area contributed by atoms with Crippen LogP contribution in [-0.2, 0) is 18.3 Å². The van der Waals surface area contributed by atoms with Crippen LogP contribution < -0.4 is 10.6 Å². The van der Waals surface area contributed by atoms with E-state index >= 15 is 0 Å². The first-order chi connectivity index (χ1) is 9.51. The Hall–Kier alpha value is -2.50. The number of rotatable bonds is 4. The van der Waals surface area contributed by atoms with Crippen molar-refractivity contribution in [2.45, 2.75) is 6.54 Å². The van der Waals surface area contributed by atoms with Gasteiger partial charge in [-0.3, -0.25) is 4.68 Å². The third-order valence-electron chi connectivity index (χ3n) is 3.02. The number of carbonyl (C=O) groups excluding carboxylic acids is 1. The number of nitrogens with two attached hydrogens (primary N) is 1. The van der Waals surface area contributed by atoms with Gasteiger partial charge in [0.1, 0.15) is 0 Å². The fourth-order valence-corrected chi connectivity index (χ4v) is 2.07. The number of hydrogen-bond donors (Lipinski definition) is 1. The van der Waals surface area contributed by atoms with Gasteiger partial charge in [-0.1, -0.05) is 0 Å². The van der Waals surface area contributed by atoms with Gasteiger partial charge >= 0.3 is 5.97 Å². The first-order valence-electron chi connectivity index (χ1n) is 6.17. The number of carbonyl (C=O) groups is 1. The molecule has 1 aromatic carbocycles. The normalized spacial score (nSPS) is 10.3. The third kappa shape index (κ3) is 2.90. The average Bonchev–Trinajstić information content (AvgIpc) is 2.82. The lowest BCUT2D eigenvalue weighted by Crippen LogP contribution is -2.19. The average molecular weight is 274 g/mol. The molecule has 0 saturated heterocycles. The maximum atomic E-state index is 11.8. The molecule has 0 aliphatic heterocycles. The Morgan fingerprint density at radius 2 is 2.25 bits per heavy atom. The van der Waals surface area contributed by atoms with Gasteiger partial charge in [-0.25, -0.2) is 4.79 Å². The smallest absolute Gasteiger partial charge is 0.340 e. The van der Waals surface area contributed by atoms with Gasteiger partial charge in [-0.05, 0) is 18.2 Å². The zero-order chi connectivity index (χ0) is 14.7.